The fourth-order valence-electron chi connectivity index (χ4n) is 3.17. The third-order valence-electron chi connectivity index (χ3n) is 4.79. The highest BCUT2D eigenvalue weighted by Crippen LogP contribution is 2.18. The van der Waals surface area contributed by atoms with Gasteiger partial charge in [-0.05, 0) is 29.7 Å². The number of methoxy groups -OCH3 is 1. The van der Waals surface area contributed by atoms with Crippen LogP contribution in [0.3, 0.4) is 0 Å². The van der Waals surface area contributed by atoms with E-state index in [4.69, 9.17) is 9.47 Å². The summed E-state index contributed by atoms with van der Waals surface area (Å²) in [5.41, 5.74) is 2.17. The van der Waals surface area contributed by atoms with E-state index >= 15 is 0 Å². The first-order valence-corrected chi connectivity index (χ1v) is 11.1. The molecule has 0 radical (unpaired) electrons. The van der Waals surface area contributed by atoms with Crippen molar-refractivity contribution in [1.82, 2.24) is 9.62 Å². The molecule has 0 saturated carbocycles. The van der Waals surface area contributed by atoms with E-state index in [1.165, 1.54) is 11.4 Å². The highest BCUT2D eigenvalue weighted by Gasteiger charge is 2.32. The number of esters is 1. The quantitative estimate of drug-likeness (QED) is 0.658. The van der Waals surface area contributed by atoms with Crippen molar-refractivity contribution in [2.45, 2.75) is 19.2 Å². The summed E-state index contributed by atoms with van der Waals surface area (Å²) in [5, 5.41) is 3.19. The third kappa shape index (κ3) is 5.86. The van der Waals surface area contributed by atoms with Crippen LogP contribution < -0.4 is 5.32 Å². The molecule has 7 nitrogen and oxygen atoms in total. The smallest absolute Gasteiger partial charge is 0.337 e. The molecule has 0 spiro atoms. The number of benzene rings is 2. The van der Waals surface area contributed by atoms with Crippen LogP contribution in [0.2, 0.25) is 0 Å². The second-order valence-electron chi connectivity index (χ2n) is 6.81. The van der Waals surface area contributed by atoms with Gasteiger partial charge in [0.1, 0.15) is 6.23 Å². The van der Waals surface area contributed by atoms with Crippen LogP contribution in [0.4, 0.5) is 0 Å². The van der Waals surface area contributed by atoms with Gasteiger partial charge in [-0.25, -0.2) is 13.2 Å². The van der Waals surface area contributed by atoms with Crippen LogP contribution >= 0.6 is 0 Å². The summed E-state index contributed by atoms with van der Waals surface area (Å²) in [4.78, 5) is 11.6. The monoisotopic (exact) mass is 418 g/mol. The number of carbonyl (C=O) groups is 1. The van der Waals surface area contributed by atoms with Crippen molar-refractivity contribution in [3.05, 3.63) is 71.3 Å². The van der Waals surface area contributed by atoms with Gasteiger partial charge in [-0.3, -0.25) is 0 Å². The van der Waals surface area contributed by atoms with Crippen molar-refractivity contribution >= 4 is 16.0 Å². The Morgan fingerprint density at radius 2 is 1.86 bits per heavy atom. The lowest BCUT2D eigenvalue weighted by Crippen LogP contribution is -2.51. The van der Waals surface area contributed by atoms with Crippen LogP contribution in [-0.2, 0) is 32.5 Å². The van der Waals surface area contributed by atoms with Crippen molar-refractivity contribution < 1.29 is 22.7 Å². The van der Waals surface area contributed by atoms with Crippen molar-refractivity contribution in [2.75, 3.05) is 32.6 Å². The second kappa shape index (κ2) is 9.98. The predicted octanol–water partition coefficient (Wildman–Crippen LogP) is 1.79. The number of hydrogen-bond acceptors (Lipinski definition) is 6. The summed E-state index contributed by atoms with van der Waals surface area (Å²) in [6, 6.07) is 16.3. The maximum Gasteiger partial charge on any atom is 0.337 e. The Kier molecular flexibility index (Phi) is 7.38. The van der Waals surface area contributed by atoms with Gasteiger partial charge in [0.05, 0.1) is 25.0 Å². The molecule has 1 heterocycles. The summed E-state index contributed by atoms with van der Waals surface area (Å²) < 4.78 is 38.2. The fourth-order valence-corrected chi connectivity index (χ4v) is 4.74. The normalized spacial score (nSPS) is 17.2. The van der Waals surface area contributed by atoms with Crippen LogP contribution in [0.15, 0.2) is 54.6 Å². The molecule has 1 fully saturated rings. The maximum atomic E-state index is 13.2. The number of hydrogen-bond donors (Lipinski definition) is 1. The van der Waals surface area contributed by atoms with Gasteiger partial charge in [0.15, 0.2) is 0 Å². The summed E-state index contributed by atoms with van der Waals surface area (Å²) in [6.07, 6.45) is -0.133. The summed E-state index contributed by atoms with van der Waals surface area (Å²) in [7, 11) is -2.25. The van der Waals surface area contributed by atoms with E-state index in [-0.39, 0.29) is 12.3 Å². The summed E-state index contributed by atoms with van der Waals surface area (Å²) >= 11 is 0. The molecule has 2 aromatic carbocycles. The molecule has 1 atom stereocenters. The lowest BCUT2D eigenvalue weighted by atomic mass is 10.1. The summed E-state index contributed by atoms with van der Waals surface area (Å²) in [6.45, 7) is 1.76. The van der Waals surface area contributed by atoms with E-state index in [0.717, 1.165) is 11.1 Å². The molecule has 0 amide bonds. The van der Waals surface area contributed by atoms with Crippen molar-refractivity contribution in [3.63, 3.8) is 0 Å². The fraction of sp³-hybridized carbons (Fsp3) is 0.381. The number of sulfonamides is 1. The molecular formula is C21H26N2O5S. The SMILES string of the molecule is COC(=O)c1ccc(CN(C2CNCCO2)S(=O)(=O)CCc2ccccc2)cc1. The molecule has 1 unspecified atom stereocenters. The lowest BCUT2D eigenvalue weighted by Gasteiger charge is -2.33. The minimum Gasteiger partial charge on any atom is -0.465 e. The number of ether oxygens (including phenoxy) is 2. The highest BCUT2D eigenvalue weighted by atomic mass is 32.2. The Balaban J connectivity index is 1.77. The zero-order valence-corrected chi connectivity index (χ0v) is 17.2. The second-order valence-corrected chi connectivity index (χ2v) is 8.86. The molecule has 1 saturated heterocycles. The van der Waals surface area contributed by atoms with E-state index in [9.17, 15) is 13.2 Å². The molecule has 2 aromatic rings. The predicted molar refractivity (Wildman–Crippen MR) is 110 cm³/mol. The van der Waals surface area contributed by atoms with Crippen molar-refractivity contribution in [1.29, 1.82) is 0 Å². The average Bonchev–Trinajstić information content (AvgIpc) is 2.77. The highest BCUT2D eigenvalue weighted by molar-refractivity contribution is 7.89. The first-order valence-electron chi connectivity index (χ1n) is 9.52. The molecule has 1 N–H and O–H groups in total. The molecule has 29 heavy (non-hydrogen) atoms. The number of aryl methyl sites for hydroxylation is 1. The van der Waals surface area contributed by atoms with E-state index in [1.807, 2.05) is 30.3 Å². The van der Waals surface area contributed by atoms with E-state index in [2.05, 4.69) is 5.32 Å². The average molecular weight is 419 g/mol. The van der Waals surface area contributed by atoms with Gasteiger partial charge >= 0.3 is 5.97 Å². The van der Waals surface area contributed by atoms with Crippen LogP contribution in [0, 0.1) is 0 Å². The number of nitrogens with one attached hydrogen (secondary N) is 1. The molecule has 0 bridgehead atoms. The standard InChI is InChI=1S/C21H26N2O5S/c1-27-21(24)19-9-7-18(8-10-19)16-23(20-15-22-12-13-28-20)29(25,26)14-11-17-5-3-2-4-6-17/h2-10,20,22H,11-16H2,1H3. The van der Waals surface area contributed by atoms with Crippen LogP contribution in [0.25, 0.3) is 0 Å². The number of carbonyl (C=O) groups excluding carboxylic acids is 1. The first-order chi connectivity index (χ1) is 14.0. The van der Waals surface area contributed by atoms with Crippen molar-refractivity contribution in [3.8, 4) is 0 Å². The Hall–Kier alpha value is -2.26. The Morgan fingerprint density at radius 3 is 2.48 bits per heavy atom. The largest absolute Gasteiger partial charge is 0.465 e. The zero-order chi connectivity index (χ0) is 20.7. The first kappa shape index (κ1) is 21.4. The number of rotatable bonds is 8. The Labute approximate surface area is 171 Å². The minimum atomic E-state index is -3.57. The lowest BCUT2D eigenvalue weighted by molar-refractivity contribution is -0.0410. The van der Waals surface area contributed by atoms with Gasteiger partial charge in [0.25, 0.3) is 0 Å². The molecule has 0 aromatic heterocycles. The van der Waals surface area contributed by atoms with Crippen LogP contribution in [-0.4, -0.2) is 57.5 Å². The topological polar surface area (TPSA) is 84.9 Å². The van der Waals surface area contributed by atoms with Gasteiger partial charge in [-0.1, -0.05) is 42.5 Å². The minimum absolute atomic E-state index is 0.00286. The van der Waals surface area contributed by atoms with Gasteiger partial charge < -0.3 is 14.8 Å². The van der Waals surface area contributed by atoms with Gasteiger partial charge in [0, 0.05) is 19.6 Å². The van der Waals surface area contributed by atoms with E-state index in [0.29, 0.717) is 31.7 Å². The third-order valence-corrected chi connectivity index (χ3v) is 6.59. The van der Waals surface area contributed by atoms with E-state index < -0.39 is 22.2 Å². The molecule has 3 rings (SSSR count). The number of morpholine rings is 1. The van der Waals surface area contributed by atoms with Crippen LogP contribution in [0.1, 0.15) is 21.5 Å². The van der Waals surface area contributed by atoms with Gasteiger partial charge in [-0.15, -0.1) is 0 Å². The molecule has 0 aliphatic carbocycles. The summed E-state index contributed by atoms with van der Waals surface area (Å²) in [5.74, 6) is -0.430. The maximum absolute atomic E-state index is 13.2. The molecule has 1 aliphatic heterocycles. The van der Waals surface area contributed by atoms with Gasteiger partial charge in [0.2, 0.25) is 10.0 Å². The molecule has 8 heteroatoms. The Bertz CT molecular complexity index is 894. The van der Waals surface area contributed by atoms with Gasteiger partial charge in [-0.2, -0.15) is 4.31 Å². The molecule has 1 aliphatic rings. The van der Waals surface area contributed by atoms with Crippen molar-refractivity contribution in [2.24, 2.45) is 0 Å². The number of nitrogens with zero attached hydrogens (tertiary/aromatic N) is 1. The zero-order valence-electron chi connectivity index (χ0n) is 16.4. The molecular weight excluding hydrogens is 392 g/mol. The Morgan fingerprint density at radius 1 is 1.14 bits per heavy atom. The molecule has 156 valence electrons. The van der Waals surface area contributed by atoms with E-state index in [1.54, 1.807) is 24.3 Å². The van der Waals surface area contributed by atoms with Crippen LogP contribution in [0.5, 0.6) is 0 Å².